The Morgan fingerprint density at radius 3 is 2.72 bits per heavy atom. The Balaban J connectivity index is 2.17. The smallest absolute Gasteiger partial charge is 0.201 e. The second kappa shape index (κ2) is 3.81. The third-order valence-electron chi connectivity index (χ3n) is 4.57. The van der Waals surface area contributed by atoms with Crippen LogP contribution in [0.5, 0.6) is 0 Å². The van der Waals surface area contributed by atoms with E-state index >= 15 is 0 Å². The van der Waals surface area contributed by atoms with E-state index in [9.17, 15) is 9.59 Å². The third-order valence-corrected chi connectivity index (χ3v) is 4.57. The van der Waals surface area contributed by atoms with Crippen LogP contribution < -0.4 is 0 Å². The molecule has 0 aromatic carbocycles. The highest BCUT2D eigenvalue weighted by Gasteiger charge is 2.45. The van der Waals surface area contributed by atoms with Crippen molar-refractivity contribution in [1.82, 2.24) is 0 Å². The van der Waals surface area contributed by atoms with Crippen molar-refractivity contribution in [3.8, 4) is 0 Å². The molecular weight excluding hydrogens is 228 g/mol. The minimum atomic E-state index is 0.0101. The number of hydrogen-bond donors (Lipinski definition) is 0. The van der Waals surface area contributed by atoms with Gasteiger partial charge >= 0.3 is 0 Å². The molecule has 3 heteroatoms. The summed E-state index contributed by atoms with van der Waals surface area (Å²) in [5.41, 5.74) is 1.57. The van der Waals surface area contributed by atoms with Crippen LogP contribution in [0.15, 0.2) is 10.7 Å². The summed E-state index contributed by atoms with van der Waals surface area (Å²) >= 11 is 0. The molecule has 0 amide bonds. The van der Waals surface area contributed by atoms with Crippen LogP contribution in [0, 0.1) is 17.8 Å². The van der Waals surface area contributed by atoms with Gasteiger partial charge < -0.3 is 4.42 Å². The Labute approximate surface area is 107 Å². The fourth-order valence-corrected chi connectivity index (χ4v) is 3.53. The summed E-state index contributed by atoms with van der Waals surface area (Å²) in [7, 11) is 0. The van der Waals surface area contributed by atoms with Crippen molar-refractivity contribution in [1.29, 1.82) is 0 Å². The van der Waals surface area contributed by atoms with Crippen molar-refractivity contribution in [2.45, 2.75) is 39.5 Å². The Morgan fingerprint density at radius 1 is 1.33 bits per heavy atom. The van der Waals surface area contributed by atoms with Crippen molar-refractivity contribution in [3.05, 3.63) is 23.2 Å². The first-order valence-electron chi connectivity index (χ1n) is 6.69. The van der Waals surface area contributed by atoms with Gasteiger partial charge in [-0.2, -0.15) is 0 Å². The van der Waals surface area contributed by atoms with E-state index in [0.29, 0.717) is 35.5 Å². The van der Waals surface area contributed by atoms with Crippen LogP contribution in [0.1, 0.15) is 66.0 Å². The van der Waals surface area contributed by atoms with Gasteiger partial charge in [0.25, 0.3) is 0 Å². The van der Waals surface area contributed by atoms with Crippen LogP contribution in [0.4, 0.5) is 0 Å². The van der Waals surface area contributed by atoms with E-state index in [1.54, 1.807) is 0 Å². The summed E-state index contributed by atoms with van der Waals surface area (Å²) in [5.74, 6) is 1.77. The van der Waals surface area contributed by atoms with Gasteiger partial charge in [-0.1, -0.05) is 20.8 Å². The lowest BCUT2D eigenvalue weighted by Crippen LogP contribution is -2.34. The molecule has 0 fully saturated rings. The molecule has 0 unspecified atom stereocenters. The fraction of sp³-hybridized carbons (Fsp3) is 0.600. The Bertz CT molecular complexity index is 524. The van der Waals surface area contributed by atoms with Crippen LogP contribution in [0.2, 0.25) is 0 Å². The lowest BCUT2D eigenvalue weighted by Gasteiger charge is -2.37. The summed E-state index contributed by atoms with van der Waals surface area (Å²) in [4.78, 5) is 24.2. The SMILES string of the molecule is CC(C)[C@H]1CC(=O)c2coc3c2[C@H]1C[C@H](C)C3=O. The first-order chi connectivity index (χ1) is 8.50. The van der Waals surface area contributed by atoms with Gasteiger partial charge in [-0.3, -0.25) is 9.59 Å². The maximum atomic E-state index is 12.1. The zero-order chi connectivity index (χ0) is 13.0. The number of carbonyl (C=O) groups is 2. The van der Waals surface area contributed by atoms with Crippen molar-refractivity contribution in [2.75, 3.05) is 0 Å². The van der Waals surface area contributed by atoms with Gasteiger partial charge in [-0.15, -0.1) is 0 Å². The molecule has 96 valence electrons. The molecule has 2 aliphatic carbocycles. The molecule has 3 rings (SSSR count). The summed E-state index contributed by atoms with van der Waals surface area (Å²) in [5, 5.41) is 0. The Hall–Kier alpha value is -1.38. The molecule has 0 radical (unpaired) electrons. The zero-order valence-electron chi connectivity index (χ0n) is 11.0. The molecule has 1 heterocycles. The number of furan rings is 1. The molecule has 3 nitrogen and oxygen atoms in total. The molecule has 1 aromatic heterocycles. The van der Waals surface area contributed by atoms with Crippen molar-refractivity contribution in [3.63, 3.8) is 0 Å². The first-order valence-corrected chi connectivity index (χ1v) is 6.69. The molecule has 3 atom stereocenters. The van der Waals surface area contributed by atoms with Crippen molar-refractivity contribution in [2.24, 2.45) is 17.8 Å². The van der Waals surface area contributed by atoms with Gasteiger partial charge in [0.15, 0.2) is 11.5 Å². The highest BCUT2D eigenvalue weighted by molar-refractivity contribution is 6.05. The highest BCUT2D eigenvalue weighted by atomic mass is 16.3. The minimum Gasteiger partial charge on any atom is -0.460 e. The van der Waals surface area contributed by atoms with Gasteiger partial charge in [0.05, 0.1) is 5.56 Å². The average Bonchev–Trinajstić information content (AvgIpc) is 2.75. The maximum absolute atomic E-state index is 12.1. The third kappa shape index (κ3) is 1.43. The van der Waals surface area contributed by atoms with Gasteiger partial charge in [-0.05, 0) is 24.2 Å². The lowest BCUT2D eigenvalue weighted by molar-refractivity contribution is 0.0828. The average molecular weight is 246 g/mol. The topological polar surface area (TPSA) is 47.3 Å². The maximum Gasteiger partial charge on any atom is 0.201 e. The predicted molar refractivity (Wildman–Crippen MR) is 66.8 cm³/mol. The van der Waals surface area contributed by atoms with E-state index in [2.05, 4.69) is 13.8 Å². The van der Waals surface area contributed by atoms with Crippen LogP contribution in [-0.4, -0.2) is 11.6 Å². The van der Waals surface area contributed by atoms with Gasteiger partial charge in [-0.25, -0.2) is 0 Å². The molecule has 0 aliphatic heterocycles. The van der Waals surface area contributed by atoms with E-state index in [1.807, 2.05) is 6.92 Å². The second-order valence-corrected chi connectivity index (χ2v) is 6.03. The van der Waals surface area contributed by atoms with Crippen LogP contribution in [0.25, 0.3) is 0 Å². The molecule has 0 saturated carbocycles. The molecule has 0 spiro atoms. The molecule has 0 bridgehead atoms. The summed E-state index contributed by atoms with van der Waals surface area (Å²) in [6.45, 7) is 6.27. The highest BCUT2D eigenvalue weighted by Crippen LogP contribution is 2.49. The molecule has 0 N–H and O–H groups in total. The summed E-state index contributed by atoms with van der Waals surface area (Å²) < 4.78 is 5.40. The largest absolute Gasteiger partial charge is 0.460 e. The van der Waals surface area contributed by atoms with Crippen molar-refractivity contribution >= 4 is 11.6 Å². The zero-order valence-corrected chi connectivity index (χ0v) is 11.0. The molecular formula is C15H18O3. The number of carbonyl (C=O) groups excluding carboxylic acids is 2. The first kappa shape index (κ1) is 11.7. The normalized spacial score (nSPS) is 30.8. The van der Waals surface area contributed by atoms with E-state index in [1.165, 1.54) is 6.26 Å². The monoisotopic (exact) mass is 246 g/mol. The van der Waals surface area contributed by atoms with Gasteiger partial charge in [0.1, 0.15) is 6.26 Å². The molecule has 2 aliphatic rings. The predicted octanol–water partition coefficient (Wildman–Crippen LogP) is 3.44. The van der Waals surface area contributed by atoms with E-state index in [4.69, 9.17) is 4.42 Å². The number of ketones is 2. The van der Waals surface area contributed by atoms with Gasteiger partial charge in [0.2, 0.25) is 5.78 Å². The number of Topliss-reactive ketones (excluding diaryl/α,β-unsaturated/α-hetero) is 2. The quantitative estimate of drug-likeness (QED) is 0.762. The standard InChI is InChI=1S/C15H18O3/c1-7(2)9-5-12(16)11-6-18-15-13(11)10(9)4-8(3)14(15)17/h6-10H,4-5H2,1-3H3/t8-,9+,10-/m0/s1. The lowest BCUT2D eigenvalue weighted by atomic mass is 9.64. The van der Waals surface area contributed by atoms with Crippen LogP contribution in [0.3, 0.4) is 0 Å². The molecule has 1 aromatic rings. The van der Waals surface area contributed by atoms with Crippen LogP contribution >= 0.6 is 0 Å². The van der Waals surface area contributed by atoms with E-state index in [-0.39, 0.29) is 17.5 Å². The van der Waals surface area contributed by atoms with Crippen molar-refractivity contribution < 1.29 is 14.0 Å². The molecule has 0 saturated heterocycles. The Morgan fingerprint density at radius 2 is 2.06 bits per heavy atom. The Kier molecular flexibility index (Phi) is 2.47. The second-order valence-electron chi connectivity index (χ2n) is 6.03. The number of rotatable bonds is 1. The van der Waals surface area contributed by atoms with Gasteiger partial charge in [0, 0.05) is 17.9 Å². The van der Waals surface area contributed by atoms with E-state index < -0.39 is 0 Å². The van der Waals surface area contributed by atoms with Crippen LogP contribution in [-0.2, 0) is 0 Å². The molecule has 18 heavy (non-hydrogen) atoms. The van der Waals surface area contributed by atoms with E-state index in [0.717, 1.165) is 12.0 Å². The fourth-order valence-electron chi connectivity index (χ4n) is 3.53. The number of hydrogen-bond acceptors (Lipinski definition) is 3. The summed E-state index contributed by atoms with van der Waals surface area (Å²) in [6.07, 6.45) is 2.94. The minimum absolute atomic E-state index is 0.0101. The summed E-state index contributed by atoms with van der Waals surface area (Å²) in [6, 6.07) is 0.